The zero-order valence-corrected chi connectivity index (χ0v) is 11.8. The number of carboxylic acids is 1. The van der Waals surface area contributed by atoms with Crippen molar-refractivity contribution in [3.8, 4) is 0 Å². The highest BCUT2D eigenvalue weighted by molar-refractivity contribution is 5.91. The first-order chi connectivity index (χ1) is 8.93. The molecule has 3 nitrogen and oxygen atoms in total. The number of rotatable bonds is 3. The van der Waals surface area contributed by atoms with Gasteiger partial charge >= 0.3 is 12.1 Å². The Balaban J connectivity index is 3.15. The molecule has 0 aliphatic rings. The Kier molecular flexibility index (Phi) is 4.36. The van der Waals surface area contributed by atoms with E-state index in [-0.39, 0.29) is 11.5 Å². The van der Waals surface area contributed by atoms with E-state index < -0.39 is 23.3 Å². The van der Waals surface area contributed by atoms with Crippen LogP contribution in [0.5, 0.6) is 0 Å². The molecule has 0 heterocycles. The van der Waals surface area contributed by atoms with Crippen LogP contribution in [-0.2, 0) is 6.18 Å². The van der Waals surface area contributed by atoms with Crippen molar-refractivity contribution >= 4 is 11.7 Å². The van der Waals surface area contributed by atoms with Crippen LogP contribution in [-0.4, -0.2) is 17.1 Å². The highest BCUT2D eigenvalue weighted by Crippen LogP contribution is 2.34. The Morgan fingerprint density at radius 3 is 2.20 bits per heavy atom. The molecule has 1 aromatic rings. The van der Waals surface area contributed by atoms with E-state index in [1.165, 1.54) is 6.07 Å². The van der Waals surface area contributed by atoms with E-state index >= 15 is 0 Å². The molecule has 0 aromatic heterocycles. The smallest absolute Gasteiger partial charge is 0.417 e. The number of hydrogen-bond acceptors (Lipinski definition) is 2. The summed E-state index contributed by atoms with van der Waals surface area (Å²) >= 11 is 0. The van der Waals surface area contributed by atoms with Gasteiger partial charge in [0.15, 0.2) is 0 Å². The summed E-state index contributed by atoms with van der Waals surface area (Å²) in [5.41, 5.74) is -1.63. The van der Waals surface area contributed by atoms with Crippen molar-refractivity contribution in [1.29, 1.82) is 0 Å². The minimum atomic E-state index is -4.68. The summed E-state index contributed by atoms with van der Waals surface area (Å²) in [7, 11) is 0. The Morgan fingerprint density at radius 2 is 1.80 bits per heavy atom. The number of alkyl halides is 3. The van der Waals surface area contributed by atoms with Gasteiger partial charge in [-0.1, -0.05) is 20.8 Å². The highest BCUT2D eigenvalue weighted by atomic mass is 19.4. The number of carbonyl (C=O) groups is 1. The molecule has 1 atom stereocenters. The molecule has 112 valence electrons. The first-order valence-corrected chi connectivity index (χ1v) is 6.14. The maximum Gasteiger partial charge on any atom is 0.417 e. The maximum atomic E-state index is 12.7. The van der Waals surface area contributed by atoms with E-state index in [1.807, 2.05) is 27.7 Å². The summed E-state index contributed by atoms with van der Waals surface area (Å²) in [5, 5.41) is 11.9. The number of halogens is 3. The number of nitrogens with one attached hydrogen (secondary N) is 1. The van der Waals surface area contributed by atoms with Crippen molar-refractivity contribution in [2.75, 3.05) is 5.32 Å². The number of hydrogen-bond donors (Lipinski definition) is 2. The summed E-state index contributed by atoms with van der Waals surface area (Å²) in [6.45, 7) is 7.82. The summed E-state index contributed by atoms with van der Waals surface area (Å²) in [6.07, 6.45) is -4.68. The fourth-order valence-corrected chi connectivity index (χ4v) is 1.52. The zero-order chi connectivity index (χ0) is 15.7. The van der Waals surface area contributed by atoms with E-state index in [0.717, 1.165) is 12.1 Å². The SMILES string of the molecule is CC(Nc1ccc(C(F)(F)F)c(C(=O)O)c1)C(C)(C)C. The molecule has 0 radical (unpaired) electrons. The molecule has 0 bridgehead atoms. The van der Waals surface area contributed by atoms with Gasteiger partial charge in [0.1, 0.15) is 0 Å². The first kappa shape index (κ1) is 16.3. The van der Waals surface area contributed by atoms with Gasteiger partial charge in [0.05, 0.1) is 11.1 Å². The third-order valence-corrected chi connectivity index (χ3v) is 3.24. The third-order valence-electron chi connectivity index (χ3n) is 3.24. The van der Waals surface area contributed by atoms with Gasteiger partial charge in [-0.25, -0.2) is 4.79 Å². The minimum Gasteiger partial charge on any atom is -0.478 e. The van der Waals surface area contributed by atoms with Crippen LogP contribution in [0.1, 0.15) is 43.6 Å². The van der Waals surface area contributed by atoms with Crippen LogP contribution >= 0.6 is 0 Å². The first-order valence-electron chi connectivity index (χ1n) is 6.14. The average Bonchev–Trinajstić information content (AvgIpc) is 2.25. The normalized spacial score (nSPS) is 13.9. The Hall–Kier alpha value is -1.72. The van der Waals surface area contributed by atoms with Gasteiger partial charge in [-0.05, 0) is 30.5 Å². The summed E-state index contributed by atoms with van der Waals surface area (Å²) < 4.78 is 38.1. The number of carboxylic acid groups (broad SMARTS) is 1. The van der Waals surface area contributed by atoms with Crippen LogP contribution in [0, 0.1) is 5.41 Å². The summed E-state index contributed by atoms with van der Waals surface area (Å²) in [6, 6.07) is 3.03. The number of benzene rings is 1. The maximum absolute atomic E-state index is 12.7. The van der Waals surface area contributed by atoms with Gasteiger partial charge in [-0.15, -0.1) is 0 Å². The highest BCUT2D eigenvalue weighted by Gasteiger charge is 2.35. The van der Waals surface area contributed by atoms with Crippen molar-refractivity contribution in [2.45, 2.75) is 39.9 Å². The molecular weight excluding hydrogens is 271 g/mol. The van der Waals surface area contributed by atoms with Crippen LogP contribution < -0.4 is 5.32 Å². The lowest BCUT2D eigenvalue weighted by Gasteiger charge is -2.29. The van der Waals surface area contributed by atoms with Crippen LogP contribution in [0.15, 0.2) is 18.2 Å². The standard InChI is InChI=1S/C14H18F3NO2/c1-8(13(2,3)4)18-9-5-6-11(14(15,16)17)10(7-9)12(19)20/h5-8,18H,1-4H3,(H,19,20). The molecule has 0 amide bonds. The van der Waals surface area contributed by atoms with Gasteiger partial charge in [0, 0.05) is 11.7 Å². The molecule has 1 unspecified atom stereocenters. The summed E-state index contributed by atoms with van der Waals surface area (Å²) in [4.78, 5) is 11.0. The molecule has 1 rings (SSSR count). The second-order valence-corrected chi connectivity index (χ2v) is 5.80. The van der Waals surface area contributed by atoms with Crippen LogP contribution in [0.25, 0.3) is 0 Å². The molecular formula is C14H18F3NO2. The molecule has 0 saturated heterocycles. The van der Waals surface area contributed by atoms with E-state index in [4.69, 9.17) is 5.11 Å². The molecule has 1 aromatic carbocycles. The van der Waals surface area contributed by atoms with E-state index in [1.54, 1.807) is 0 Å². The lowest BCUT2D eigenvalue weighted by atomic mass is 9.88. The lowest BCUT2D eigenvalue weighted by molar-refractivity contribution is -0.138. The predicted molar refractivity (Wildman–Crippen MR) is 70.9 cm³/mol. The van der Waals surface area contributed by atoms with E-state index in [0.29, 0.717) is 5.69 Å². The van der Waals surface area contributed by atoms with E-state index in [2.05, 4.69) is 5.32 Å². The van der Waals surface area contributed by atoms with Crippen molar-refractivity contribution in [3.63, 3.8) is 0 Å². The van der Waals surface area contributed by atoms with Crippen molar-refractivity contribution in [1.82, 2.24) is 0 Å². The van der Waals surface area contributed by atoms with E-state index in [9.17, 15) is 18.0 Å². The van der Waals surface area contributed by atoms with Gasteiger partial charge in [0.2, 0.25) is 0 Å². The van der Waals surface area contributed by atoms with Crippen LogP contribution in [0.3, 0.4) is 0 Å². The number of aromatic carboxylic acids is 1. The molecule has 0 aliphatic heterocycles. The second kappa shape index (κ2) is 5.34. The quantitative estimate of drug-likeness (QED) is 0.874. The topological polar surface area (TPSA) is 49.3 Å². The van der Waals surface area contributed by atoms with Crippen molar-refractivity contribution < 1.29 is 23.1 Å². The molecule has 0 saturated carbocycles. The second-order valence-electron chi connectivity index (χ2n) is 5.80. The van der Waals surface area contributed by atoms with Crippen LogP contribution in [0.2, 0.25) is 0 Å². The predicted octanol–water partition coefficient (Wildman–Crippen LogP) is 4.25. The molecule has 2 N–H and O–H groups in total. The lowest BCUT2D eigenvalue weighted by Crippen LogP contribution is -2.30. The monoisotopic (exact) mass is 289 g/mol. The molecule has 0 aliphatic carbocycles. The fourth-order valence-electron chi connectivity index (χ4n) is 1.52. The van der Waals surface area contributed by atoms with Gasteiger partial charge in [-0.3, -0.25) is 0 Å². The van der Waals surface area contributed by atoms with Gasteiger partial charge in [-0.2, -0.15) is 13.2 Å². The third kappa shape index (κ3) is 3.88. The Bertz CT molecular complexity index is 504. The molecule has 0 fully saturated rings. The zero-order valence-electron chi connectivity index (χ0n) is 11.8. The van der Waals surface area contributed by atoms with Crippen molar-refractivity contribution in [3.05, 3.63) is 29.3 Å². The number of anilines is 1. The van der Waals surface area contributed by atoms with Gasteiger partial charge in [0.25, 0.3) is 0 Å². The molecule has 20 heavy (non-hydrogen) atoms. The summed E-state index contributed by atoms with van der Waals surface area (Å²) in [5.74, 6) is -1.59. The van der Waals surface area contributed by atoms with Crippen molar-refractivity contribution in [2.24, 2.45) is 5.41 Å². The molecule has 0 spiro atoms. The van der Waals surface area contributed by atoms with Crippen LogP contribution in [0.4, 0.5) is 18.9 Å². The minimum absolute atomic E-state index is 0.0270. The fraction of sp³-hybridized carbons (Fsp3) is 0.500. The van der Waals surface area contributed by atoms with Gasteiger partial charge < -0.3 is 10.4 Å². The Labute approximate surface area is 115 Å². The molecule has 6 heteroatoms. The largest absolute Gasteiger partial charge is 0.478 e. The Morgan fingerprint density at radius 1 is 1.25 bits per heavy atom. The average molecular weight is 289 g/mol.